The SMILES string of the molecule is CCOc1cc(-c2ccc(N3CCC(CO)(CC(=O)c4c(F)cccc4F)CC3)nc2)c2c(C#N)cnn2c1. The number of carbonyl (C=O) groups is 1. The second-order valence-electron chi connectivity index (χ2n) is 9.73. The zero-order chi connectivity index (χ0) is 27.6. The van der Waals surface area contributed by atoms with Crippen molar-refractivity contribution in [2.24, 2.45) is 5.41 Å². The van der Waals surface area contributed by atoms with Gasteiger partial charge in [0.25, 0.3) is 0 Å². The number of pyridine rings is 2. The van der Waals surface area contributed by atoms with E-state index in [9.17, 15) is 23.9 Å². The molecule has 1 aliphatic rings. The Morgan fingerprint density at radius 2 is 1.92 bits per heavy atom. The monoisotopic (exact) mass is 531 g/mol. The van der Waals surface area contributed by atoms with Crippen LogP contribution < -0.4 is 9.64 Å². The lowest BCUT2D eigenvalue weighted by atomic mass is 9.74. The van der Waals surface area contributed by atoms with E-state index < -0.39 is 28.4 Å². The molecular weight excluding hydrogens is 504 g/mol. The van der Waals surface area contributed by atoms with Crippen molar-refractivity contribution in [1.82, 2.24) is 14.6 Å². The number of anilines is 1. The van der Waals surface area contributed by atoms with Crippen LogP contribution in [0.15, 0.2) is 55.0 Å². The molecule has 10 heteroatoms. The first kappa shape index (κ1) is 26.3. The molecule has 8 nitrogen and oxygen atoms in total. The third kappa shape index (κ3) is 5.05. The summed E-state index contributed by atoms with van der Waals surface area (Å²) in [6.07, 6.45) is 5.77. The van der Waals surface area contributed by atoms with Crippen LogP contribution in [0.25, 0.3) is 16.6 Å². The van der Waals surface area contributed by atoms with Crippen molar-refractivity contribution in [1.29, 1.82) is 5.26 Å². The Labute approximate surface area is 224 Å². The van der Waals surface area contributed by atoms with Crippen molar-refractivity contribution in [3.63, 3.8) is 0 Å². The number of nitrogens with zero attached hydrogens (tertiary/aromatic N) is 5. The summed E-state index contributed by atoms with van der Waals surface area (Å²) in [5, 5.41) is 24.0. The number of carbonyl (C=O) groups excluding carboxylic acids is 1. The molecule has 0 saturated carbocycles. The molecule has 0 bridgehead atoms. The molecule has 1 aliphatic heterocycles. The number of nitriles is 1. The maximum absolute atomic E-state index is 14.1. The molecule has 4 heterocycles. The summed E-state index contributed by atoms with van der Waals surface area (Å²) in [6, 6.07) is 11.2. The van der Waals surface area contributed by atoms with Crippen LogP contribution in [-0.2, 0) is 0 Å². The molecule has 3 aromatic heterocycles. The highest BCUT2D eigenvalue weighted by molar-refractivity contribution is 5.97. The van der Waals surface area contributed by atoms with E-state index in [1.807, 2.05) is 25.1 Å². The molecule has 39 heavy (non-hydrogen) atoms. The van der Waals surface area contributed by atoms with Crippen LogP contribution in [-0.4, -0.2) is 51.8 Å². The van der Waals surface area contributed by atoms with Crippen LogP contribution in [0.5, 0.6) is 5.75 Å². The number of benzene rings is 1. The molecule has 0 unspecified atom stereocenters. The van der Waals surface area contributed by atoms with Gasteiger partial charge in [-0.25, -0.2) is 18.3 Å². The third-order valence-corrected chi connectivity index (χ3v) is 7.34. The van der Waals surface area contributed by atoms with Crippen molar-refractivity contribution in [3.05, 3.63) is 77.8 Å². The van der Waals surface area contributed by atoms with E-state index in [-0.39, 0.29) is 13.0 Å². The maximum atomic E-state index is 14.1. The number of hydrogen-bond acceptors (Lipinski definition) is 7. The van der Waals surface area contributed by atoms with E-state index in [1.54, 1.807) is 16.9 Å². The first-order valence-corrected chi connectivity index (χ1v) is 12.7. The first-order valence-electron chi connectivity index (χ1n) is 12.7. The first-order chi connectivity index (χ1) is 18.9. The summed E-state index contributed by atoms with van der Waals surface area (Å²) < 4.78 is 35.6. The Morgan fingerprint density at radius 1 is 1.18 bits per heavy atom. The molecule has 4 aromatic rings. The van der Waals surface area contributed by atoms with Gasteiger partial charge in [0, 0.05) is 48.9 Å². The number of Topliss-reactive ketones (excluding diaryl/α,β-unsaturated/α-hetero) is 1. The summed E-state index contributed by atoms with van der Waals surface area (Å²) in [4.78, 5) is 19.5. The second-order valence-corrected chi connectivity index (χ2v) is 9.73. The fourth-order valence-electron chi connectivity index (χ4n) is 5.17. The number of ether oxygens (including phenoxy) is 1. The molecule has 0 spiro atoms. The molecule has 1 fully saturated rings. The second kappa shape index (κ2) is 10.8. The van der Waals surface area contributed by atoms with Crippen molar-refractivity contribution in [3.8, 4) is 22.9 Å². The smallest absolute Gasteiger partial charge is 0.169 e. The minimum atomic E-state index is -0.892. The zero-order valence-corrected chi connectivity index (χ0v) is 21.4. The molecule has 5 rings (SSSR count). The van der Waals surface area contributed by atoms with Gasteiger partial charge in [-0.1, -0.05) is 6.07 Å². The summed E-state index contributed by atoms with van der Waals surface area (Å²) >= 11 is 0. The number of fused-ring (bicyclic) bond motifs is 1. The number of rotatable bonds is 8. The zero-order valence-electron chi connectivity index (χ0n) is 21.4. The Kier molecular flexibility index (Phi) is 7.26. The lowest BCUT2D eigenvalue weighted by molar-refractivity contribution is 0.0664. The largest absolute Gasteiger partial charge is 0.492 e. The van der Waals surface area contributed by atoms with E-state index in [1.165, 1.54) is 12.3 Å². The molecule has 200 valence electrons. The minimum Gasteiger partial charge on any atom is -0.492 e. The molecule has 1 saturated heterocycles. The molecule has 1 aromatic carbocycles. The average Bonchev–Trinajstić information content (AvgIpc) is 3.36. The van der Waals surface area contributed by atoms with Gasteiger partial charge in [0.1, 0.15) is 29.3 Å². The Balaban J connectivity index is 1.33. The molecule has 0 atom stereocenters. The number of halogens is 2. The van der Waals surface area contributed by atoms with Crippen molar-refractivity contribution >= 4 is 17.1 Å². The van der Waals surface area contributed by atoms with Gasteiger partial charge in [-0.05, 0) is 50.1 Å². The highest BCUT2D eigenvalue weighted by Crippen LogP contribution is 2.38. The van der Waals surface area contributed by atoms with Gasteiger partial charge < -0.3 is 14.7 Å². The highest BCUT2D eigenvalue weighted by Gasteiger charge is 2.37. The minimum absolute atomic E-state index is 0.139. The Hall–Kier alpha value is -4.36. The van der Waals surface area contributed by atoms with Gasteiger partial charge >= 0.3 is 0 Å². The topological polar surface area (TPSA) is 104 Å². The standard InChI is InChI=1S/C29H27F2N5O3/c1-2-39-21-12-22(28-20(14-32)16-34-36(28)17-21)19-6-7-26(33-15-19)35-10-8-29(18-37,9-11-35)13-25(38)27-23(30)4-3-5-24(27)31/h3-7,12,15-17,37H,2,8-11,13,18H2,1H3. The van der Waals surface area contributed by atoms with E-state index in [4.69, 9.17) is 4.74 Å². The highest BCUT2D eigenvalue weighted by atomic mass is 19.1. The maximum Gasteiger partial charge on any atom is 0.169 e. The van der Waals surface area contributed by atoms with Crippen LogP contribution in [0.1, 0.15) is 42.1 Å². The Bertz CT molecular complexity index is 1530. The molecule has 0 aliphatic carbocycles. The molecule has 1 N–H and O–H groups in total. The van der Waals surface area contributed by atoms with Crippen molar-refractivity contribution in [2.45, 2.75) is 26.2 Å². The Morgan fingerprint density at radius 3 is 2.54 bits per heavy atom. The van der Waals surface area contributed by atoms with Crippen LogP contribution in [0.2, 0.25) is 0 Å². The van der Waals surface area contributed by atoms with E-state index >= 15 is 0 Å². The number of aromatic nitrogens is 3. The van der Waals surface area contributed by atoms with Crippen LogP contribution >= 0.6 is 0 Å². The van der Waals surface area contributed by atoms with Crippen LogP contribution in [0.4, 0.5) is 14.6 Å². The number of aliphatic hydroxyl groups excluding tert-OH is 1. The predicted octanol–water partition coefficient (Wildman–Crippen LogP) is 4.80. The molecule has 0 radical (unpaired) electrons. The van der Waals surface area contributed by atoms with Crippen LogP contribution in [0, 0.1) is 28.4 Å². The number of hydrogen-bond donors (Lipinski definition) is 1. The van der Waals surface area contributed by atoms with Gasteiger partial charge in [-0.3, -0.25) is 4.79 Å². The summed E-state index contributed by atoms with van der Waals surface area (Å²) in [6.45, 7) is 3.16. The lowest BCUT2D eigenvalue weighted by Crippen LogP contribution is -2.43. The van der Waals surface area contributed by atoms with E-state index in [2.05, 4.69) is 21.1 Å². The third-order valence-electron chi connectivity index (χ3n) is 7.34. The van der Waals surface area contributed by atoms with Crippen LogP contribution in [0.3, 0.4) is 0 Å². The summed E-state index contributed by atoms with van der Waals surface area (Å²) in [5.74, 6) is -1.08. The van der Waals surface area contributed by atoms with Gasteiger partial charge in [-0.2, -0.15) is 10.4 Å². The van der Waals surface area contributed by atoms with Gasteiger partial charge in [0.2, 0.25) is 0 Å². The lowest BCUT2D eigenvalue weighted by Gasteiger charge is -2.41. The van der Waals surface area contributed by atoms with E-state index in [0.717, 1.165) is 29.1 Å². The quantitative estimate of drug-likeness (QED) is 0.326. The number of aliphatic hydroxyl groups is 1. The van der Waals surface area contributed by atoms with Crippen molar-refractivity contribution in [2.75, 3.05) is 31.2 Å². The number of piperidine rings is 1. The summed E-state index contributed by atoms with van der Waals surface area (Å²) in [7, 11) is 0. The van der Waals surface area contributed by atoms with Gasteiger partial charge in [0.05, 0.1) is 35.6 Å². The van der Waals surface area contributed by atoms with Crippen molar-refractivity contribution < 1.29 is 23.4 Å². The fraction of sp³-hybridized carbons (Fsp3) is 0.310. The molecular formula is C29H27F2N5O3. The van der Waals surface area contributed by atoms with Gasteiger partial charge in [0.15, 0.2) is 5.78 Å². The average molecular weight is 532 g/mol. The van der Waals surface area contributed by atoms with E-state index in [0.29, 0.717) is 49.4 Å². The normalized spacial score (nSPS) is 14.8. The van der Waals surface area contributed by atoms with Gasteiger partial charge in [-0.15, -0.1) is 0 Å². The number of ketones is 1. The predicted molar refractivity (Wildman–Crippen MR) is 141 cm³/mol. The molecule has 0 amide bonds. The fourth-order valence-corrected chi connectivity index (χ4v) is 5.17. The summed E-state index contributed by atoms with van der Waals surface area (Å²) in [5.41, 5.74) is 1.36.